The van der Waals surface area contributed by atoms with Crippen LogP contribution in [-0.4, -0.2) is 55.3 Å². The zero-order chi connectivity index (χ0) is 19.5. The van der Waals surface area contributed by atoms with E-state index < -0.39 is 11.6 Å². The highest BCUT2D eigenvalue weighted by Gasteiger charge is 2.31. The molecule has 0 aliphatic carbocycles. The van der Waals surface area contributed by atoms with E-state index in [4.69, 9.17) is 9.47 Å². The van der Waals surface area contributed by atoms with Crippen LogP contribution in [0.2, 0.25) is 0 Å². The Labute approximate surface area is 154 Å². The van der Waals surface area contributed by atoms with Gasteiger partial charge in [-0.15, -0.1) is 0 Å². The number of amides is 1. The average molecular weight is 359 g/mol. The Morgan fingerprint density at radius 2 is 1.96 bits per heavy atom. The predicted molar refractivity (Wildman–Crippen MR) is 97.1 cm³/mol. The quantitative estimate of drug-likeness (QED) is 0.755. The SMILES string of the molecule is COC(=O)c1ccc(N2CCN(C(=O)OC(C)(C)C)C(C)C2)cc1C#N. The molecular formula is C19H25N3O4. The molecule has 1 fully saturated rings. The number of nitriles is 1. The molecule has 7 heteroatoms. The first-order chi connectivity index (χ1) is 12.2. The number of esters is 1. The summed E-state index contributed by atoms with van der Waals surface area (Å²) in [6, 6.07) is 7.08. The van der Waals surface area contributed by atoms with Gasteiger partial charge in [0.2, 0.25) is 0 Å². The van der Waals surface area contributed by atoms with Crippen molar-refractivity contribution in [3.63, 3.8) is 0 Å². The lowest BCUT2D eigenvalue weighted by Gasteiger charge is -2.41. The van der Waals surface area contributed by atoms with E-state index in [1.165, 1.54) is 7.11 Å². The van der Waals surface area contributed by atoms with E-state index in [-0.39, 0.29) is 23.3 Å². The van der Waals surface area contributed by atoms with E-state index in [2.05, 4.69) is 4.90 Å². The predicted octanol–water partition coefficient (Wildman–Crippen LogP) is 2.79. The summed E-state index contributed by atoms with van der Waals surface area (Å²) in [7, 11) is 1.29. The molecule has 7 nitrogen and oxygen atoms in total. The molecule has 1 aliphatic heterocycles. The lowest BCUT2D eigenvalue weighted by atomic mass is 10.1. The van der Waals surface area contributed by atoms with E-state index in [1.54, 1.807) is 23.1 Å². The molecule has 1 aliphatic rings. The second-order valence-electron chi connectivity index (χ2n) is 7.30. The van der Waals surface area contributed by atoms with Gasteiger partial charge in [0.25, 0.3) is 0 Å². The smallest absolute Gasteiger partial charge is 0.410 e. The average Bonchev–Trinajstić information content (AvgIpc) is 2.58. The van der Waals surface area contributed by atoms with E-state index >= 15 is 0 Å². The van der Waals surface area contributed by atoms with Crippen molar-refractivity contribution in [3.05, 3.63) is 29.3 Å². The van der Waals surface area contributed by atoms with Crippen LogP contribution in [-0.2, 0) is 9.47 Å². The Balaban J connectivity index is 2.13. The van der Waals surface area contributed by atoms with Crippen LogP contribution in [0.1, 0.15) is 43.6 Å². The zero-order valence-corrected chi connectivity index (χ0v) is 15.9. The summed E-state index contributed by atoms with van der Waals surface area (Å²) in [5.41, 5.74) is 0.833. The highest BCUT2D eigenvalue weighted by Crippen LogP contribution is 2.24. The van der Waals surface area contributed by atoms with Crippen LogP contribution in [0.15, 0.2) is 18.2 Å². The molecule has 1 unspecified atom stereocenters. The first kappa shape index (κ1) is 19.6. The van der Waals surface area contributed by atoms with Crippen LogP contribution in [0.4, 0.5) is 10.5 Å². The lowest BCUT2D eigenvalue weighted by molar-refractivity contribution is 0.0159. The molecule has 0 aromatic heterocycles. The molecule has 0 radical (unpaired) electrons. The zero-order valence-electron chi connectivity index (χ0n) is 15.9. The number of piperazine rings is 1. The van der Waals surface area contributed by atoms with Crippen LogP contribution >= 0.6 is 0 Å². The fourth-order valence-electron chi connectivity index (χ4n) is 2.89. The van der Waals surface area contributed by atoms with Gasteiger partial charge in [0.1, 0.15) is 11.7 Å². The second-order valence-corrected chi connectivity index (χ2v) is 7.30. The summed E-state index contributed by atoms with van der Waals surface area (Å²) in [4.78, 5) is 27.8. The number of benzene rings is 1. The molecule has 0 N–H and O–H groups in total. The number of carbonyl (C=O) groups excluding carboxylic acids is 2. The van der Waals surface area contributed by atoms with Crippen molar-refractivity contribution in [1.82, 2.24) is 4.90 Å². The van der Waals surface area contributed by atoms with Crippen molar-refractivity contribution in [1.29, 1.82) is 5.26 Å². The summed E-state index contributed by atoms with van der Waals surface area (Å²) in [5, 5.41) is 9.31. The topological polar surface area (TPSA) is 82.9 Å². The van der Waals surface area contributed by atoms with E-state index in [0.29, 0.717) is 19.6 Å². The highest BCUT2D eigenvalue weighted by atomic mass is 16.6. The summed E-state index contributed by atoms with van der Waals surface area (Å²) >= 11 is 0. The third-order valence-corrected chi connectivity index (χ3v) is 4.15. The Morgan fingerprint density at radius 3 is 2.50 bits per heavy atom. The Hall–Kier alpha value is -2.75. The molecule has 1 atom stereocenters. The Bertz CT molecular complexity index is 733. The number of hydrogen-bond acceptors (Lipinski definition) is 6. The fourth-order valence-corrected chi connectivity index (χ4v) is 2.89. The van der Waals surface area contributed by atoms with Gasteiger partial charge >= 0.3 is 12.1 Å². The lowest BCUT2D eigenvalue weighted by Crippen LogP contribution is -2.55. The number of hydrogen-bond donors (Lipinski definition) is 0. The first-order valence-electron chi connectivity index (χ1n) is 8.53. The molecule has 140 valence electrons. The number of ether oxygens (including phenoxy) is 2. The van der Waals surface area contributed by atoms with Crippen molar-refractivity contribution in [2.24, 2.45) is 0 Å². The molecule has 1 saturated heterocycles. The summed E-state index contributed by atoms with van der Waals surface area (Å²) in [6.07, 6.45) is -0.316. The minimum atomic E-state index is -0.531. The van der Waals surface area contributed by atoms with Gasteiger partial charge in [0, 0.05) is 31.4 Å². The van der Waals surface area contributed by atoms with Crippen molar-refractivity contribution in [2.45, 2.75) is 39.3 Å². The largest absolute Gasteiger partial charge is 0.465 e. The van der Waals surface area contributed by atoms with Gasteiger partial charge in [0.15, 0.2) is 0 Å². The van der Waals surface area contributed by atoms with Gasteiger partial charge in [-0.25, -0.2) is 9.59 Å². The van der Waals surface area contributed by atoms with Gasteiger partial charge in [-0.05, 0) is 45.9 Å². The minimum absolute atomic E-state index is 0.0376. The Morgan fingerprint density at radius 1 is 1.27 bits per heavy atom. The molecule has 0 bridgehead atoms. The number of nitrogens with zero attached hydrogens (tertiary/aromatic N) is 3. The van der Waals surface area contributed by atoms with Gasteiger partial charge < -0.3 is 19.3 Å². The molecule has 1 aromatic carbocycles. The minimum Gasteiger partial charge on any atom is -0.465 e. The monoisotopic (exact) mass is 359 g/mol. The number of rotatable bonds is 2. The molecule has 1 aromatic rings. The molecular weight excluding hydrogens is 334 g/mol. The Kier molecular flexibility index (Phi) is 5.76. The van der Waals surface area contributed by atoms with Crippen LogP contribution in [0, 0.1) is 11.3 Å². The fraction of sp³-hybridized carbons (Fsp3) is 0.526. The van der Waals surface area contributed by atoms with Crippen molar-refractivity contribution in [2.75, 3.05) is 31.6 Å². The first-order valence-corrected chi connectivity index (χ1v) is 8.53. The van der Waals surface area contributed by atoms with Crippen LogP contribution < -0.4 is 4.90 Å². The number of anilines is 1. The maximum Gasteiger partial charge on any atom is 0.410 e. The third-order valence-electron chi connectivity index (χ3n) is 4.15. The molecule has 2 rings (SSSR count). The van der Waals surface area contributed by atoms with Crippen LogP contribution in [0.3, 0.4) is 0 Å². The van der Waals surface area contributed by atoms with Crippen LogP contribution in [0.25, 0.3) is 0 Å². The van der Waals surface area contributed by atoms with E-state index in [1.807, 2.05) is 33.8 Å². The molecule has 1 heterocycles. The maximum absolute atomic E-state index is 12.3. The van der Waals surface area contributed by atoms with Gasteiger partial charge in [-0.2, -0.15) is 5.26 Å². The second kappa shape index (κ2) is 7.65. The van der Waals surface area contributed by atoms with Crippen molar-refractivity contribution in [3.8, 4) is 6.07 Å². The van der Waals surface area contributed by atoms with E-state index in [9.17, 15) is 14.9 Å². The number of carbonyl (C=O) groups is 2. The molecule has 0 saturated carbocycles. The van der Waals surface area contributed by atoms with Crippen molar-refractivity contribution < 1.29 is 19.1 Å². The molecule has 26 heavy (non-hydrogen) atoms. The standard InChI is InChI=1S/C19H25N3O4/c1-13-12-21(8-9-22(13)18(24)26-19(2,3)4)15-6-7-16(17(23)25-5)14(10-15)11-20/h6-7,10,13H,8-9,12H2,1-5H3. The third kappa shape index (κ3) is 4.45. The van der Waals surface area contributed by atoms with Gasteiger partial charge in [0.05, 0.1) is 18.2 Å². The summed E-state index contributed by atoms with van der Waals surface area (Å²) in [6.45, 7) is 9.25. The molecule has 0 spiro atoms. The molecule has 1 amide bonds. The van der Waals surface area contributed by atoms with E-state index in [0.717, 1.165) is 5.69 Å². The summed E-state index contributed by atoms with van der Waals surface area (Å²) in [5.74, 6) is -0.531. The van der Waals surface area contributed by atoms with Crippen LogP contribution in [0.5, 0.6) is 0 Å². The summed E-state index contributed by atoms with van der Waals surface area (Å²) < 4.78 is 10.2. The number of methoxy groups -OCH3 is 1. The van der Waals surface area contributed by atoms with Gasteiger partial charge in [-0.1, -0.05) is 0 Å². The normalized spacial score (nSPS) is 17.5. The van der Waals surface area contributed by atoms with Gasteiger partial charge in [-0.3, -0.25) is 0 Å². The van der Waals surface area contributed by atoms with Crippen molar-refractivity contribution >= 4 is 17.7 Å². The maximum atomic E-state index is 12.3. The highest BCUT2D eigenvalue weighted by molar-refractivity contribution is 5.92.